The van der Waals surface area contributed by atoms with Gasteiger partial charge in [0.1, 0.15) is 5.75 Å². The SMILES string of the molecule is COCCN1C(=O)S/C(=C/c2cc(C)n(-c3ccc([N+](=O)[O-])cc3OC)c2C)C1=O. The van der Waals surface area contributed by atoms with Crippen LogP contribution < -0.4 is 4.74 Å². The molecule has 9 nitrogen and oxygen atoms in total. The minimum atomic E-state index is -0.479. The van der Waals surface area contributed by atoms with Crippen LogP contribution in [0.25, 0.3) is 11.8 Å². The first-order valence-corrected chi connectivity index (χ1v) is 9.86. The maximum absolute atomic E-state index is 12.6. The molecule has 0 spiro atoms. The van der Waals surface area contributed by atoms with Crippen LogP contribution in [0, 0.1) is 24.0 Å². The van der Waals surface area contributed by atoms with Gasteiger partial charge in [0.2, 0.25) is 0 Å². The zero-order valence-electron chi connectivity index (χ0n) is 17.0. The zero-order chi connectivity index (χ0) is 22.0. The van der Waals surface area contributed by atoms with Crippen LogP contribution in [0.4, 0.5) is 10.5 Å². The zero-order valence-corrected chi connectivity index (χ0v) is 17.8. The summed E-state index contributed by atoms with van der Waals surface area (Å²) in [6.45, 7) is 4.24. The number of nitrogens with zero attached hydrogens (tertiary/aromatic N) is 3. The van der Waals surface area contributed by atoms with E-state index in [1.54, 1.807) is 12.1 Å². The lowest BCUT2D eigenvalue weighted by atomic mass is 10.2. The minimum Gasteiger partial charge on any atom is -0.494 e. The summed E-state index contributed by atoms with van der Waals surface area (Å²) >= 11 is 0.894. The maximum atomic E-state index is 12.6. The lowest BCUT2D eigenvalue weighted by Crippen LogP contribution is -2.31. The Hall–Kier alpha value is -3.11. The van der Waals surface area contributed by atoms with Crippen LogP contribution in [0.3, 0.4) is 0 Å². The molecule has 0 N–H and O–H groups in total. The number of rotatable bonds is 7. The van der Waals surface area contributed by atoms with E-state index in [-0.39, 0.29) is 30.0 Å². The van der Waals surface area contributed by atoms with E-state index in [0.717, 1.165) is 28.7 Å². The number of benzene rings is 1. The summed E-state index contributed by atoms with van der Waals surface area (Å²) in [5.41, 5.74) is 3.01. The fourth-order valence-corrected chi connectivity index (χ4v) is 4.14. The molecular formula is C20H21N3O6S. The van der Waals surface area contributed by atoms with Crippen LogP contribution in [-0.2, 0) is 9.53 Å². The number of hydrogen-bond donors (Lipinski definition) is 0. The van der Waals surface area contributed by atoms with Crippen molar-refractivity contribution in [2.24, 2.45) is 0 Å². The number of imide groups is 1. The van der Waals surface area contributed by atoms with E-state index in [1.807, 2.05) is 24.5 Å². The summed E-state index contributed by atoms with van der Waals surface area (Å²) in [6.07, 6.45) is 1.69. The molecule has 158 valence electrons. The molecule has 1 fully saturated rings. The second-order valence-corrected chi connectivity index (χ2v) is 7.59. The average Bonchev–Trinajstić information content (AvgIpc) is 3.14. The van der Waals surface area contributed by atoms with Crippen LogP contribution in [0.15, 0.2) is 29.2 Å². The lowest BCUT2D eigenvalue weighted by molar-refractivity contribution is -0.384. The number of amides is 2. The van der Waals surface area contributed by atoms with Gasteiger partial charge in [0.05, 0.1) is 41.8 Å². The third kappa shape index (κ3) is 3.96. The number of carbonyl (C=O) groups is 2. The van der Waals surface area contributed by atoms with E-state index in [0.29, 0.717) is 16.3 Å². The summed E-state index contributed by atoms with van der Waals surface area (Å²) in [6, 6.07) is 6.30. The molecule has 1 saturated heterocycles. The van der Waals surface area contributed by atoms with E-state index in [1.165, 1.54) is 31.3 Å². The van der Waals surface area contributed by atoms with Crippen molar-refractivity contribution in [3.63, 3.8) is 0 Å². The van der Waals surface area contributed by atoms with E-state index >= 15 is 0 Å². The van der Waals surface area contributed by atoms with Gasteiger partial charge in [-0.05, 0) is 49.4 Å². The van der Waals surface area contributed by atoms with Gasteiger partial charge in [0, 0.05) is 24.6 Å². The molecule has 0 atom stereocenters. The lowest BCUT2D eigenvalue weighted by Gasteiger charge is -2.14. The van der Waals surface area contributed by atoms with Gasteiger partial charge in [-0.3, -0.25) is 24.6 Å². The van der Waals surface area contributed by atoms with Gasteiger partial charge < -0.3 is 14.0 Å². The monoisotopic (exact) mass is 431 g/mol. The standard InChI is InChI=1S/C20H21N3O6S/c1-12-9-14(10-18-19(24)21(7-8-28-3)20(25)30-18)13(2)22(12)16-6-5-15(23(26)27)11-17(16)29-4/h5-6,9-11H,7-8H2,1-4H3/b18-10+. The molecule has 2 aromatic rings. The highest BCUT2D eigenvalue weighted by Crippen LogP contribution is 2.35. The van der Waals surface area contributed by atoms with Crippen LogP contribution in [0.2, 0.25) is 0 Å². The summed E-state index contributed by atoms with van der Waals surface area (Å²) in [5.74, 6) is 0.0113. The molecular weight excluding hydrogens is 410 g/mol. The normalized spacial score (nSPS) is 15.3. The van der Waals surface area contributed by atoms with E-state index in [2.05, 4.69) is 0 Å². The number of aromatic nitrogens is 1. The Kier molecular flexibility index (Phi) is 6.28. The highest BCUT2D eigenvalue weighted by atomic mass is 32.2. The fraction of sp³-hybridized carbons (Fsp3) is 0.300. The first kappa shape index (κ1) is 21.6. The van der Waals surface area contributed by atoms with Crippen molar-refractivity contribution in [1.29, 1.82) is 0 Å². The molecule has 1 aliphatic rings. The molecule has 0 unspecified atom stereocenters. The number of non-ortho nitro benzene ring substituents is 1. The summed E-state index contributed by atoms with van der Waals surface area (Å²) in [5, 5.41) is 10.7. The molecule has 0 bridgehead atoms. The quantitative estimate of drug-likeness (QED) is 0.374. The first-order valence-electron chi connectivity index (χ1n) is 9.04. The molecule has 1 aliphatic heterocycles. The van der Waals surface area contributed by atoms with Crippen molar-refractivity contribution in [3.05, 3.63) is 56.2 Å². The minimum absolute atomic E-state index is 0.0666. The van der Waals surface area contributed by atoms with Gasteiger partial charge in [-0.2, -0.15) is 0 Å². The van der Waals surface area contributed by atoms with E-state index < -0.39 is 4.92 Å². The number of methoxy groups -OCH3 is 2. The van der Waals surface area contributed by atoms with Crippen molar-refractivity contribution >= 4 is 34.7 Å². The Morgan fingerprint density at radius 1 is 1.20 bits per heavy atom. The molecule has 2 heterocycles. The Morgan fingerprint density at radius 2 is 1.93 bits per heavy atom. The largest absolute Gasteiger partial charge is 0.494 e. The molecule has 3 rings (SSSR count). The third-order valence-electron chi connectivity index (χ3n) is 4.76. The van der Waals surface area contributed by atoms with Crippen molar-refractivity contribution in [1.82, 2.24) is 9.47 Å². The van der Waals surface area contributed by atoms with Crippen LogP contribution in [0.1, 0.15) is 17.0 Å². The molecule has 0 saturated carbocycles. The highest BCUT2D eigenvalue weighted by molar-refractivity contribution is 8.18. The van der Waals surface area contributed by atoms with Crippen molar-refractivity contribution in [2.45, 2.75) is 13.8 Å². The van der Waals surface area contributed by atoms with Gasteiger partial charge >= 0.3 is 0 Å². The number of nitro benzene ring substituents is 1. The third-order valence-corrected chi connectivity index (χ3v) is 5.67. The molecule has 1 aromatic heterocycles. The Balaban J connectivity index is 2.00. The highest BCUT2D eigenvalue weighted by Gasteiger charge is 2.34. The second kappa shape index (κ2) is 8.72. The summed E-state index contributed by atoms with van der Waals surface area (Å²) in [7, 11) is 2.96. The van der Waals surface area contributed by atoms with Gasteiger partial charge in [0.15, 0.2) is 0 Å². The van der Waals surface area contributed by atoms with Crippen LogP contribution >= 0.6 is 11.8 Å². The molecule has 0 radical (unpaired) electrons. The number of aryl methyl sites for hydroxylation is 1. The van der Waals surface area contributed by atoms with Crippen LogP contribution in [-0.4, -0.2) is 52.9 Å². The van der Waals surface area contributed by atoms with Crippen molar-refractivity contribution in [2.75, 3.05) is 27.4 Å². The number of nitro groups is 1. The van der Waals surface area contributed by atoms with E-state index in [4.69, 9.17) is 9.47 Å². The molecule has 2 amide bonds. The Morgan fingerprint density at radius 3 is 2.57 bits per heavy atom. The first-order chi connectivity index (χ1) is 14.3. The maximum Gasteiger partial charge on any atom is 0.293 e. The second-order valence-electron chi connectivity index (χ2n) is 6.60. The van der Waals surface area contributed by atoms with Gasteiger partial charge in [-0.1, -0.05) is 0 Å². The van der Waals surface area contributed by atoms with E-state index in [9.17, 15) is 19.7 Å². The predicted octanol–water partition coefficient (Wildman–Crippen LogP) is 3.69. The number of hydrogen-bond acceptors (Lipinski definition) is 7. The molecule has 10 heteroatoms. The Labute approximate surface area is 177 Å². The topological polar surface area (TPSA) is 104 Å². The average molecular weight is 431 g/mol. The summed E-state index contributed by atoms with van der Waals surface area (Å²) in [4.78, 5) is 36.8. The number of thioether (sulfide) groups is 1. The summed E-state index contributed by atoms with van der Waals surface area (Å²) < 4.78 is 12.2. The molecule has 30 heavy (non-hydrogen) atoms. The smallest absolute Gasteiger partial charge is 0.293 e. The number of ether oxygens (including phenoxy) is 2. The van der Waals surface area contributed by atoms with Gasteiger partial charge in [-0.15, -0.1) is 0 Å². The van der Waals surface area contributed by atoms with Crippen molar-refractivity contribution in [3.8, 4) is 11.4 Å². The van der Waals surface area contributed by atoms with Gasteiger partial charge in [0.25, 0.3) is 16.8 Å². The van der Waals surface area contributed by atoms with Gasteiger partial charge in [-0.25, -0.2) is 0 Å². The predicted molar refractivity (Wildman–Crippen MR) is 113 cm³/mol. The molecule has 1 aromatic carbocycles. The van der Waals surface area contributed by atoms with Crippen molar-refractivity contribution < 1.29 is 24.0 Å². The molecule has 0 aliphatic carbocycles. The fourth-order valence-electron chi connectivity index (χ4n) is 3.29. The Bertz CT molecular complexity index is 1060. The number of carbonyl (C=O) groups excluding carboxylic acids is 2. The van der Waals surface area contributed by atoms with Crippen LogP contribution in [0.5, 0.6) is 5.75 Å².